The molecule has 0 fully saturated rings. The van der Waals surface area contributed by atoms with Crippen molar-refractivity contribution in [2.75, 3.05) is 7.11 Å². The molecule has 0 aliphatic heterocycles. The van der Waals surface area contributed by atoms with E-state index in [9.17, 15) is 4.79 Å². The van der Waals surface area contributed by atoms with Crippen LogP contribution in [0.15, 0.2) is 62.3 Å². The molecular formula is C18H12BrN3O3. The second-order valence-electron chi connectivity index (χ2n) is 5.37. The molecule has 7 heteroatoms. The molecule has 0 saturated carbocycles. The zero-order valence-electron chi connectivity index (χ0n) is 13.1. The van der Waals surface area contributed by atoms with Crippen LogP contribution in [0.5, 0.6) is 5.75 Å². The maximum atomic E-state index is 12.4. The van der Waals surface area contributed by atoms with Crippen LogP contribution >= 0.6 is 15.9 Å². The van der Waals surface area contributed by atoms with Crippen molar-refractivity contribution < 1.29 is 9.26 Å². The Bertz CT molecular complexity index is 1130. The highest BCUT2D eigenvalue weighted by Gasteiger charge is 2.16. The van der Waals surface area contributed by atoms with Crippen LogP contribution < -0.4 is 10.3 Å². The monoisotopic (exact) mass is 397 g/mol. The van der Waals surface area contributed by atoms with Crippen LogP contribution in [-0.4, -0.2) is 22.2 Å². The highest BCUT2D eigenvalue weighted by Crippen LogP contribution is 2.28. The Morgan fingerprint density at radius 2 is 1.96 bits per heavy atom. The number of pyridine rings is 1. The fraction of sp³-hybridized carbons (Fsp3) is 0.0556. The fourth-order valence-corrected chi connectivity index (χ4v) is 3.01. The Balaban J connectivity index is 1.83. The van der Waals surface area contributed by atoms with E-state index in [2.05, 4.69) is 31.1 Å². The van der Waals surface area contributed by atoms with Crippen LogP contribution in [0.4, 0.5) is 0 Å². The number of hydrogen-bond donors (Lipinski definition) is 1. The zero-order chi connectivity index (χ0) is 17.4. The van der Waals surface area contributed by atoms with Crippen molar-refractivity contribution in [3.63, 3.8) is 0 Å². The zero-order valence-corrected chi connectivity index (χ0v) is 14.7. The molecule has 1 N–H and O–H groups in total. The van der Waals surface area contributed by atoms with E-state index in [1.54, 1.807) is 25.3 Å². The molecule has 2 aromatic heterocycles. The first-order valence-electron chi connectivity index (χ1n) is 7.46. The van der Waals surface area contributed by atoms with E-state index in [0.717, 1.165) is 15.4 Å². The van der Waals surface area contributed by atoms with E-state index < -0.39 is 0 Å². The first-order valence-corrected chi connectivity index (χ1v) is 8.25. The largest absolute Gasteiger partial charge is 0.497 e. The number of fused-ring (bicyclic) bond motifs is 1. The number of ether oxygens (including phenoxy) is 1. The molecule has 0 unspecified atom stereocenters. The summed E-state index contributed by atoms with van der Waals surface area (Å²) >= 11 is 3.45. The van der Waals surface area contributed by atoms with Gasteiger partial charge in [-0.15, -0.1) is 0 Å². The topological polar surface area (TPSA) is 81.0 Å². The van der Waals surface area contributed by atoms with Gasteiger partial charge in [0.15, 0.2) is 0 Å². The number of hydrogen-bond acceptors (Lipinski definition) is 5. The molecule has 25 heavy (non-hydrogen) atoms. The van der Waals surface area contributed by atoms with Crippen LogP contribution in [0, 0.1) is 0 Å². The van der Waals surface area contributed by atoms with Crippen molar-refractivity contribution in [1.29, 1.82) is 0 Å². The number of nitrogens with one attached hydrogen (secondary N) is 1. The van der Waals surface area contributed by atoms with Crippen molar-refractivity contribution in [2.24, 2.45) is 0 Å². The molecule has 4 aromatic rings. The third-order valence-corrected chi connectivity index (χ3v) is 4.51. The molecule has 0 aliphatic rings. The summed E-state index contributed by atoms with van der Waals surface area (Å²) in [6.45, 7) is 0. The second kappa shape index (κ2) is 6.18. The number of nitrogens with zero attached hydrogens (tertiary/aromatic N) is 2. The Morgan fingerprint density at radius 1 is 1.12 bits per heavy atom. The number of halogens is 1. The Kier molecular flexibility index (Phi) is 3.85. The number of benzene rings is 2. The number of aromatic nitrogens is 3. The minimum absolute atomic E-state index is 0.233. The normalized spacial score (nSPS) is 11.0. The maximum absolute atomic E-state index is 12.4. The van der Waals surface area contributed by atoms with Crippen LogP contribution in [0.2, 0.25) is 0 Å². The van der Waals surface area contributed by atoms with Crippen LogP contribution in [0.25, 0.3) is 33.7 Å². The van der Waals surface area contributed by atoms with E-state index in [0.29, 0.717) is 22.7 Å². The van der Waals surface area contributed by atoms with E-state index in [1.807, 2.05) is 30.3 Å². The van der Waals surface area contributed by atoms with Gasteiger partial charge in [-0.3, -0.25) is 4.79 Å². The molecule has 0 atom stereocenters. The molecule has 0 amide bonds. The molecule has 0 aliphatic carbocycles. The molecular weight excluding hydrogens is 386 g/mol. The Hall–Kier alpha value is -2.93. The standard InChI is InChI=1S/C18H12BrN3O3/c1-24-11-6-7-15-10(8-11)9-13(17(23)20-15)16-21-18(25-22-16)12-4-2-3-5-14(12)19/h2-9H,1H3,(H,20,23). The van der Waals surface area contributed by atoms with Crippen molar-refractivity contribution in [2.45, 2.75) is 0 Å². The lowest BCUT2D eigenvalue weighted by atomic mass is 10.1. The van der Waals surface area contributed by atoms with Crippen LogP contribution in [0.3, 0.4) is 0 Å². The van der Waals surface area contributed by atoms with Crippen LogP contribution in [-0.2, 0) is 0 Å². The van der Waals surface area contributed by atoms with Gasteiger partial charge in [0.1, 0.15) is 5.75 Å². The molecule has 0 radical (unpaired) electrons. The van der Waals surface area contributed by atoms with E-state index in [-0.39, 0.29) is 11.4 Å². The molecule has 0 spiro atoms. The van der Waals surface area contributed by atoms with Crippen molar-refractivity contribution >= 4 is 26.8 Å². The highest BCUT2D eigenvalue weighted by molar-refractivity contribution is 9.10. The van der Waals surface area contributed by atoms with E-state index >= 15 is 0 Å². The lowest BCUT2D eigenvalue weighted by molar-refractivity contribution is 0.415. The smallest absolute Gasteiger partial charge is 0.259 e. The van der Waals surface area contributed by atoms with Gasteiger partial charge in [0, 0.05) is 15.4 Å². The second-order valence-corrected chi connectivity index (χ2v) is 6.22. The fourth-order valence-electron chi connectivity index (χ4n) is 2.55. The summed E-state index contributed by atoms with van der Waals surface area (Å²) in [5.74, 6) is 1.27. The number of H-pyrrole nitrogens is 1. The molecule has 2 heterocycles. The SMILES string of the molecule is COc1ccc2[nH]c(=O)c(-c3noc(-c4ccccc4Br)n3)cc2c1. The van der Waals surface area contributed by atoms with Crippen molar-refractivity contribution in [1.82, 2.24) is 15.1 Å². The lowest BCUT2D eigenvalue weighted by Crippen LogP contribution is -2.09. The minimum atomic E-state index is -0.280. The van der Waals surface area contributed by atoms with E-state index in [4.69, 9.17) is 9.26 Å². The predicted molar refractivity (Wildman–Crippen MR) is 97.5 cm³/mol. The molecule has 0 saturated heterocycles. The average Bonchev–Trinajstić information content (AvgIpc) is 3.10. The highest BCUT2D eigenvalue weighted by atomic mass is 79.9. The molecule has 6 nitrogen and oxygen atoms in total. The van der Waals surface area contributed by atoms with Gasteiger partial charge in [0.2, 0.25) is 5.82 Å². The van der Waals surface area contributed by atoms with Gasteiger partial charge >= 0.3 is 0 Å². The summed E-state index contributed by atoms with van der Waals surface area (Å²) in [7, 11) is 1.59. The number of aromatic amines is 1. The summed E-state index contributed by atoms with van der Waals surface area (Å²) in [4.78, 5) is 19.6. The van der Waals surface area contributed by atoms with Gasteiger partial charge in [-0.25, -0.2) is 0 Å². The van der Waals surface area contributed by atoms with Crippen molar-refractivity contribution in [3.8, 4) is 28.6 Å². The first kappa shape index (κ1) is 15.6. The van der Waals surface area contributed by atoms with Gasteiger partial charge in [0.25, 0.3) is 11.4 Å². The average molecular weight is 398 g/mol. The van der Waals surface area contributed by atoms with Gasteiger partial charge < -0.3 is 14.2 Å². The third-order valence-electron chi connectivity index (χ3n) is 3.82. The van der Waals surface area contributed by atoms with Gasteiger partial charge in [-0.1, -0.05) is 17.3 Å². The minimum Gasteiger partial charge on any atom is -0.497 e. The summed E-state index contributed by atoms with van der Waals surface area (Å²) in [5, 5.41) is 4.78. The Labute approximate surface area is 150 Å². The predicted octanol–water partition coefficient (Wildman–Crippen LogP) is 4.02. The summed E-state index contributed by atoms with van der Waals surface area (Å²) in [5.41, 5.74) is 1.53. The summed E-state index contributed by atoms with van der Waals surface area (Å²) in [6, 6.07) is 14.7. The molecule has 2 aromatic carbocycles. The summed E-state index contributed by atoms with van der Waals surface area (Å²) in [6.07, 6.45) is 0. The quantitative estimate of drug-likeness (QED) is 0.564. The Morgan fingerprint density at radius 3 is 2.76 bits per heavy atom. The van der Waals surface area contributed by atoms with Crippen LogP contribution in [0.1, 0.15) is 0 Å². The van der Waals surface area contributed by atoms with Gasteiger partial charge in [0.05, 0.1) is 18.2 Å². The van der Waals surface area contributed by atoms with E-state index in [1.165, 1.54) is 0 Å². The number of rotatable bonds is 3. The molecule has 4 rings (SSSR count). The maximum Gasteiger partial charge on any atom is 0.259 e. The van der Waals surface area contributed by atoms with Gasteiger partial charge in [-0.2, -0.15) is 4.98 Å². The third kappa shape index (κ3) is 2.83. The van der Waals surface area contributed by atoms with Gasteiger partial charge in [-0.05, 0) is 52.3 Å². The molecule has 124 valence electrons. The lowest BCUT2D eigenvalue weighted by Gasteiger charge is -2.03. The summed E-state index contributed by atoms with van der Waals surface area (Å²) < 4.78 is 11.4. The molecule has 0 bridgehead atoms. The number of methoxy groups -OCH3 is 1. The van der Waals surface area contributed by atoms with Crippen molar-refractivity contribution in [3.05, 3.63) is 63.4 Å². The first-order chi connectivity index (χ1) is 12.2.